The van der Waals surface area contributed by atoms with Crippen molar-refractivity contribution >= 4 is 23.1 Å². The average Bonchev–Trinajstić information content (AvgIpc) is 2.66. The highest BCUT2D eigenvalue weighted by Crippen LogP contribution is 2.22. The second-order valence-corrected chi connectivity index (χ2v) is 5.88. The Bertz CT molecular complexity index is 887. The van der Waals surface area contributed by atoms with Gasteiger partial charge in [0.25, 0.3) is 0 Å². The van der Waals surface area contributed by atoms with Gasteiger partial charge in [0.1, 0.15) is 12.4 Å². The molecular formula is C20H21FN4O2. The van der Waals surface area contributed by atoms with Crippen LogP contribution in [0.3, 0.4) is 0 Å². The second-order valence-electron chi connectivity index (χ2n) is 5.88. The molecule has 0 aliphatic carbocycles. The minimum atomic E-state index is -0.524. The van der Waals surface area contributed by atoms with E-state index in [9.17, 15) is 4.39 Å². The molecule has 0 aliphatic heterocycles. The molecule has 6 nitrogen and oxygen atoms in total. The van der Waals surface area contributed by atoms with Gasteiger partial charge in [0.15, 0.2) is 11.6 Å². The first-order chi connectivity index (χ1) is 13.1. The molecule has 0 amide bonds. The fraction of sp³-hybridized carbons (Fsp3) is 0.200. The van der Waals surface area contributed by atoms with Gasteiger partial charge in [-0.05, 0) is 48.9 Å². The topological polar surface area (TPSA) is 68.3 Å². The Labute approximate surface area is 157 Å². The lowest BCUT2D eigenvalue weighted by Crippen LogP contribution is -2.05. The monoisotopic (exact) mass is 368 g/mol. The van der Waals surface area contributed by atoms with E-state index >= 15 is 0 Å². The molecule has 0 fully saturated rings. The summed E-state index contributed by atoms with van der Waals surface area (Å²) in [6, 6.07) is 15.0. The molecule has 0 saturated heterocycles. The van der Waals surface area contributed by atoms with Crippen LogP contribution in [-0.4, -0.2) is 30.3 Å². The van der Waals surface area contributed by atoms with Crippen molar-refractivity contribution in [2.75, 3.05) is 31.0 Å². The molecule has 27 heavy (non-hydrogen) atoms. The Kier molecular flexibility index (Phi) is 6.17. The third-order valence-corrected chi connectivity index (χ3v) is 3.69. The van der Waals surface area contributed by atoms with Crippen molar-refractivity contribution in [3.8, 4) is 5.75 Å². The van der Waals surface area contributed by atoms with Crippen molar-refractivity contribution in [2.24, 2.45) is 0 Å². The summed E-state index contributed by atoms with van der Waals surface area (Å²) in [4.78, 5) is 8.21. The van der Waals surface area contributed by atoms with Gasteiger partial charge in [-0.25, -0.2) is 9.37 Å². The first-order valence-electron chi connectivity index (χ1n) is 8.49. The van der Waals surface area contributed by atoms with E-state index in [4.69, 9.17) is 9.47 Å². The minimum absolute atomic E-state index is 0.109. The molecule has 140 valence electrons. The number of nitrogens with one attached hydrogen (secondary N) is 2. The highest BCUT2D eigenvalue weighted by Gasteiger charge is 2.08. The number of hydrogen-bond acceptors (Lipinski definition) is 6. The largest absolute Gasteiger partial charge is 0.491 e. The first kappa shape index (κ1) is 18.6. The van der Waals surface area contributed by atoms with Crippen LogP contribution in [0.1, 0.15) is 5.56 Å². The smallest absolute Gasteiger partial charge is 0.229 e. The highest BCUT2D eigenvalue weighted by molar-refractivity contribution is 5.60. The molecular weight excluding hydrogens is 347 g/mol. The number of benzene rings is 2. The normalized spacial score (nSPS) is 10.5. The van der Waals surface area contributed by atoms with Gasteiger partial charge in [-0.2, -0.15) is 4.98 Å². The Hall–Kier alpha value is -3.19. The van der Waals surface area contributed by atoms with E-state index in [0.717, 1.165) is 28.9 Å². The summed E-state index contributed by atoms with van der Waals surface area (Å²) in [5.74, 6) is 0.612. The van der Waals surface area contributed by atoms with Crippen molar-refractivity contribution in [3.63, 3.8) is 0 Å². The number of hydrogen-bond donors (Lipinski definition) is 2. The predicted molar refractivity (Wildman–Crippen MR) is 104 cm³/mol. The predicted octanol–water partition coefficient (Wildman–Crippen LogP) is 4.44. The van der Waals surface area contributed by atoms with E-state index in [2.05, 4.69) is 20.6 Å². The SMILES string of the molecule is COCCOc1ccc(Nc2ncc(F)c(Nc3cccc(C)c3)n2)cc1. The van der Waals surface area contributed by atoms with Crippen LogP contribution in [-0.2, 0) is 4.74 Å². The number of anilines is 4. The van der Waals surface area contributed by atoms with Gasteiger partial charge in [0.2, 0.25) is 5.95 Å². The van der Waals surface area contributed by atoms with Gasteiger partial charge >= 0.3 is 0 Å². The maximum atomic E-state index is 14.1. The molecule has 0 atom stereocenters. The Morgan fingerprint density at radius 1 is 1.00 bits per heavy atom. The second kappa shape index (κ2) is 8.95. The summed E-state index contributed by atoms with van der Waals surface area (Å²) in [6.45, 7) is 2.98. The zero-order valence-electron chi connectivity index (χ0n) is 15.2. The standard InChI is InChI=1S/C20H21FN4O2/c1-14-4-3-5-16(12-14)23-19-18(21)13-22-20(25-19)24-15-6-8-17(9-7-15)27-11-10-26-2/h3-9,12-13H,10-11H2,1-2H3,(H2,22,23,24,25). The summed E-state index contributed by atoms with van der Waals surface area (Å²) < 4.78 is 24.5. The maximum Gasteiger partial charge on any atom is 0.229 e. The van der Waals surface area contributed by atoms with Gasteiger partial charge in [0.05, 0.1) is 12.8 Å². The molecule has 2 N–H and O–H groups in total. The number of halogens is 1. The molecule has 0 aliphatic rings. The van der Waals surface area contributed by atoms with Gasteiger partial charge < -0.3 is 20.1 Å². The van der Waals surface area contributed by atoms with Gasteiger partial charge in [0, 0.05) is 18.5 Å². The lowest BCUT2D eigenvalue weighted by molar-refractivity contribution is 0.146. The molecule has 0 saturated carbocycles. The lowest BCUT2D eigenvalue weighted by Gasteiger charge is -2.10. The zero-order valence-corrected chi connectivity index (χ0v) is 15.2. The van der Waals surface area contributed by atoms with Crippen LogP contribution in [0.15, 0.2) is 54.7 Å². The molecule has 0 spiro atoms. The number of ether oxygens (including phenoxy) is 2. The Morgan fingerprint density at radius 2 is 1.81 bits per heavy atom. The molecule has 0 bridgehead atoms. The van der Waals surface area contributed by atoms with Crippen LogP contribution in [0.4, 0.5) is 27.5 Å². The molecule has 0 unspecified atom stereocenters. The van der Waals surface area contributed by atoms with Crippen molar-refractivity contribution in [3.05, 3.63) is 66.1 Å². The lowest BCUT2D eigenvalue weighted by atomic mass is 10.2. The van der Waals surface area contributed by atoms with Gasteiger partial charge in [-0.15, -0.1) is 0 Å². The van der Waals surface area contributed by atoms with Crippen molar-refractivity contribution in [1.82, 2.24) is 9.97 Å². The summed E-state index contributed by atoms with van der Waals surface area (Å²) in [5, 5.41) is 6.03. The quantitative estimate of drug-likeness (QED) is 0.573. The van der Waals surface area contributed by atoms with Crippen molar-refractivity contribution < 1.29 is 13.9 Å². The number of nitrogens with zero attached hydrogens (tertiary/aromatic N) is 2. The van der Waals surface area contributed by atoms with E-state index in [-0.39, 0.29) is 5.82 Å². The fourth-order valence-corrected chi connectivity index (χ4v) is 2.38. The van der Waals surface area contributed by atoms with E-state index in [1.807, 2.05) is 55.5 Å². The number of aromatic nitrogens is 2. The van der Waals surface area contributed by atoms with Crippen molar-refractivity contribution in [1.29, 1.82) is 0 Å². The molecule has 1 aromatic heterocycles. The number of methoxy groups -OCH3 is 1. The summed E-state index contributed by atoms with van der Waals surface area (Å²) in [6.07, 6.45) is 1.13. The molecule has 3 rings (SSSR count). The van der Waals surface area contributed by atoms with Gasteiger partial charge in [-0.3, -0.25) is 0 Å². The van der Waals surface area contributed by atoms with Crippen molar-refractivity contribution in [2.45, 2.75) is 6.92 Å². The van der Waals surface area contributed by atoms with E-state index in [0.29, 0.717) is 19.2 Å². The zero-order chi connectivity index (χ0) is 19.1. The molecule has 2 aromatic carbocycles. The number of rotatable bonds is 8. The molecule has 0 radical (unpaired) electrons. The number of aryl methyl sites for hydroxylation is 1. The highest BCUT2D eigenvalue weighted by atomic mass is 19.1. The third-order valence-electron chi connectivity index (χ3n) is 3.69. The summed E-state index contributed by atoms with van der Waals surface area (Å²) in [5.41, 5.74) is 2.60. The van der Waals surface area contributed by atoms with E-state index < -0.39 is 5.82 Å². The third kappa shape index (κ3) is 5.39. The van der Waals surface area contributed by atoms with E-state index in [1.54, 1.807) is 7.11 Å². The summed E-state index contributed by atoms with van der Waals surface area (Å²) in [7, 11) is 1.63. The molecule has 7 heteroatoms. The fourth-order valence-electron chi connectivity index (χ4n) is 2.38. The molecule has 1 heterocycles. The van der Waals surface area contributed by atoms with Crippen LogP contribution in [0, 0.1) is 12.7 Å². The first-order valence-corrected chi connectivity index (χ1v) is 8.49. The minimum Gasteiger partial charge on any atom is -0.491 e. The molecule has 3 aromatic rings. The summed E-state index contributed by atoms with van der Waals surface area (Å²) >= 11 is 0. The Morgan fingerprint density at radius 3 is 2.56 bits per heavy atom. The Balaban J connectivity index is 1.68. The van der Waals surface area contributed by atoms with Gasteiger partial charge in [-0.1, -0.05) is 12.1 Å². The van der Waals surface area contributed by atoms with Crippen LogP contribution in [0.2, 0.25) is 0 Å². The van der Waals surface area contributed by atoms with Crippen LogP contribution in [0.5, 0.6) is 5.75 Å². The maximum absolute atomic E-state index is 14.1. The van der Waals surface area contributed by atoms with Crippen LogP contribution >= 0.6 is 0 Å². The van der Waals surface area contributed by atoms with Crippen LogP contribution in [0.25, 0.3) is 0 Å². The van der Waals surface area contributed by atoms with E-state index in [1.165, 1.54) is 0 Å². The van der Waals surface area contributed by atoms with Crippen LogP contribution < -0.4 is 15.4 Å². The average molecular weight is 368 g/mol.